The fourth-order valence-corrected chi connectivity index (χ4v) is 3.44. The highest BCUT2D eigenvalue weighted by molar-refractivity contribution is 6.05. The van der Waals surface area contributed by atoms with Gasteiger partial charge in [0.15, 0.2) is 0 Å². The van der Waals surface area contributed by atoms with E-state index in [4.69, 9.17) is 14.2 Å². The predicted molar refractivity (Wildman–Crippen MR) is 138 cm³/mol. The molecule has 0 aliphatic rings. The van der Waals surface area contributed by atoms with Gasteiger partial charge in [-0.15, -0.1) is 0 Å². The number of hydrogen-bond acceptors (Lipinski definition) is 5. The normalized spacial score (nSPS) is 10.4. The number of anilines is 2. The van der Waals surface area contributed by atoms with Crippen LogP contribution in [-0.4, -0.2) is 31.6 Å². The Hall–Kier alpha value is -4.00. The van der Waals surface area contributed by atoms with Crippen LogP contribution in [0.2, 0.25) is 0 Å². The summed E-state index contributed by atoms with van der Waals surface area (Å²) >= 11 is 0. The monoisotopic (exact) mass is 476 g/mol. The van der Waals surface area contributed by atoms with Crippen LogP contribution in [0.1, 0.15) is 42.6 Å². The third kappa shape index (κ3) is 7.50. The van der Waals surface area contributed by atoms with E-state index in [1.54, 1.807) is 36.4 Å². The van der Waals surface area contributed by atoms with Crippen molar-refractivity contribution >= 4 is 23.2 Å². The van der Waals surface area contributed by atoms with Crippen LogP contribution in [0, 0.1) is 6.92 Å². The van der Waals surface area contributed by atoms with Crippen molar-refractivity contribution in [2.24, 2.45) is 0 Å². The molecule has 0 saturated heterocycles. The molecule has 2 amide bonds. The van der Waals surface area contributed by atoms with Crippen LogP contribution in [-0.2, 0) is 4.79 Å². The highest BCUT2D eigenvalue weighted by Gasteiger charge is 2.17. The summed E-state index contributed by atoms with van der Waals surface area (Å²) in [5, 5.41) is 5.78. The van der Waals surface area contributed by atoms with Crippen LogP contribution in [0.15, 0.2) is 66.7 Å². The van der Waals surface area contributed by atoms with Gasteiger partial charge in [0, 0.05) is 24.1 Å². The first-order chi connectivity index (χ1) is 17.0. The molecule has 0 unspecified atom stereocenters. The molecule has 2 N–H and O–H groups in total. The molecule has 3 aromatic carbocycles. The molecular formula is C28H32N2O5. The number of carbonyl (C=O) groups excluding carboxylic acids is 2. The lowest BCUT2D eigenvalue weighted by molar-refractivity contribution is -0.116. The van der Waals surface area contributed by atoms with Crippen LogP contribution in [0.4, 0.5) is 11.4 Å². The molecule has 7 nitrogen and oxygen atoms in total. The SMILES string of the molecule is CCOc1cc(NC(=O)c2ccccc2)c(OCC)cc1NC(=O)CCCOc1ccccc1C. The summed E-state index contributed by atoms with van der Waals surface area (Å²) in [6.07, 6.45) is 0.849. The molecule has 0 atom stereocenters. The number of carbonyl (C=O) groups is 2. The minimum atomic E-state index is -0.264. The Balaban J connectivity index is 1.68. The summed E-state index contributed by atoms with van der Waals surface area (Å²) in [4.78, 5) is 25.3. The van der Waals surface area contributed by atoms with Crippen molar-refractivity contribution in [3.8, 4) is 17.2 Å². The number of amides is 2. The highest BCUT2D eigenvalue weighted by Crippen LogP contribution is 2.37. The van der Waals surface area contributed by atoms with Crippen molar-refractivity contribution in [2.45, 2.75) is 33.6 Å². The molecule has 0 aliphatic heterocycles. The van der Waals surface area contributed by atoms with Gasteiger partial charge in [-0.2, -0.15) is 0 Å². The topological polar surface area (TPSA) is 85.9 Å². The Bertz CT molecular complexity index is 1130. The number of benzene rings is 3. The number of ether oxygens (including phenoxy) is 3. The quantitative estimate of drug-likeness (QED) is 0.321. The first kappa shape index (κ1) is 25.6. The summed E-state index contributed by atoms with van der Waals surface area (Å²) in [5.74, 6) is 1.28. The lowest BCUT2D eigenvalue weighted by Gasteiger charge is -2.18. The Kier molecular flexibility index (Phi) is 9.54. The van der Waals surface area contributed by atoms with E-state index in [1.165, 1.54) is 0 Å². The summed E-state index contributed by atoms with van der Waals surface area (Å²) in [6, 6.07) is 20.0. The number of para-hydroxylation sites is 1. The zero-order valence-electron chi connectivity index (χ0n) is 20.4. The molecule has 0 heterocycles. The van der Waals surface area contributed by atoms with Gasteiger partial charge in [-0.25, -0.2) is 0 Å². The average Bonchev–Trinajstić information content (AvgIpc) is 2.86. The van der Waals surface area contributed by atoms with E-state index in [0.717, 1.165) is 11.3 Å². The van der Waals surface area contributed by atoms with Crippen LogP contribution in [0.5, 0.6) is 17.2 Å². The maximum Gasteiger partial charge on any atom is 0.255 e. The molecular weight excluding hydrogens is 444 g/mol. The molecule has 0 fully saturated rings. The molecule has 0 bridgehead atoms. The third-order valence-electron chi connectivity index (χ3n) is 5.14. The molecule has 0 aliphatic carbocycles. The van der Waals surface area contributed by atoms with E-state index in [-0.39, 0.29) is 18.2 Å². The van der Waals surface area contributed by atoms with Crippen molar-refractivity contribution in [3.05, 3.63) is 77.9 Å². The lowest BCUT2D eigenvalue weighted by atomic mass is 10.2. The van der Waals surface area contributed by atoms with E-state index in [9.17, 15) is 9.59 Å². The minimum absolute atomic E-state index is 0.164. The Morgan fingerprint density at radius 3 is 1.97 bits per heavy atom. The number of rotatable bonds is 12. The van der Waals surface area contributed by atoms with E-state index in [0.29, 0.717) is 54.7 Å². The third-order valence-corrected chi connectivity index (χ3v) is 5.14. The van der Waals surface area contributed by atoms with Crippen LogP contribution in [0.25, 0.3) is 0 Å². The molecule has 0 radical (unpaired) electrons. The second-order valence-corrected chi connectivity index (χ2v) is 7.80. The molecule has 7 heteroatoms. The number of aryl methyl sites for hydroxylation is 1. The maximum atomic E-state index is 12.7. The van der Waals surface area contributed by atoms with Crippen molar-refractivity contribution < 1.29 is 23.8 Å². The zero-order valence-corrected chi connectivity index (χ0v) is 20.4. The summed E-state index contributed by atoms with van der Waals surface area (Å²) in [7, 11) is 0. The second kappa shape index (κ2) is 13.0. The molecule has 3 aromatic rings. The van der Waals surface area contributed by atoms with Gasteiger partial charge in [-0.05, 0) is 51.0 Å². The first-order valence-electron chi connectivity index (χ1n) is 11.8. The Labute approximate surface area is 206 Å². The molecule has 3 rings (SSSR count). The van der Waals surface area contributed by atoms with Crippen molar-refractivity contribution in [1.82, 2.24) is 0 Å². The van der Waals surface area contributed by atoms with E-state index >= 15 is 0 Å². The molecule has 35 heavy (non-hydrogen) atoms. The predicted octanol–water partition coefficient (Wildman–Crippen LogP) is 5.84. The van der Waals surface area contributed by atoms with Gasteiger partial charge in [0.1, 0.15) is 17.2 Å². The number of nitrogens with one attached hydrogen (secondary N) is 2. The summed E-state index contributed by atoms with van der Waals surface area (Å²) < 4.78 is 17.3. The van der Waals surface area contributed by atoms with E-state index in [1.807, 2.05) is 51.1 Å². The van der Waals surface area contributed by atoms with Gasteiger partial charge < -0.3 is 24.8 Å². The Morgan fingerprint density at radius 2 is 1.34 bits per heavy atom. The molecule has 0 spiro atoms. The minimum Gasteiger partial charge on any atom is -0.493 e. The fourth-order valence-electron chi connectivity index (χ4n) is 3.44. The fraction of sp³-hybridized carbons (Fsp3) is 0.286. The van der Waals surface area contributed by atoms with Gasteiger partial charge >= 0.3 is 0 Å². The highest BCUT2D eigenvalue weighted by atomic mass is 16.5. The summed E-state index contributed by atoms with van der Waals surface area (Å²) in [6.45, 7) is 6.92. The Morgan fingerprint density at radius 1 is 0.743 bits per heavy atom. The van der Waals surface area contributed by atoms with Gasteiger partial charge in [0.2, 0.25) is 5.91 Å². The molecule has 0 aromatic heterocycles. The smallest absolute Gasteiger partial charge is 0.255 e. The van der Waals surface area contributed by atoms with Crippen molar-refractivity contribution in [1.29, 1.82) is 0 Å². The molecule has 184 valence electrons. The van der Waals surface area contributed by atoms with Gasteiger partial charge in [-0.1, -0.05) is 36.4 Å². The van der Waals surface area contributed by atoms with Crippen molar-refractivity contribution in [3.63, 3.8) is 0 Å². The number of hydrogen-bond donors (Lipinski definition) is 2. The van der Waals surface area contributed by atoms with Crippen LogP contribution < -0.4 is 24.8 Å². The average molecular weight is 477 g/mol. The van der Waals surface area contributed by atoms with Crippen LogP contribution in [0.3, 0.4) is 0 Å². The second-order valence-electron chi connectivity index (χ2n) is 7.80. The van der Waals surface area contributed by atoms with E-state index < -0.39 is 0 Å². The van der Waals surface area contributed by atoms with Gasteiger partial charge in [-0.3, -0.25) is 9.59 Å². The standard InChI is InChI=1S/C28H32N2O5/c1-4-33-25-19-23(30-28(32)21-13-7-6-8-14-21)26(34-5-2)18-22(25)29-27(31)16-11-17-35-24-15-10-9-12-20(24)3/h6-10,12-15,18-19H,4-5,11,16-17H2,1-3H3,(H,29,31)(H,30,32). The van der Waals surface area contributed by atoms with Gasteiger partial charge in [0.25, 0.3) is 5.91 Å². The lowest BCUT2D eigenvalue weighted by Crippen LogP contribution is -2.16. The van der Waals surface area contributed by atoms with Gasteiger partial charge in [0.05, 0.1) is 31.2 Å². The first-order valence-corrected chi connectivity index (χ1v) is 11.8. The largest absolute Gasteiger partial charge is 0.493 e. The maximum absolute atomic E-state index is 12.7. The van der Waals surface area contributed by atoms with E-state index in [2.05, 4.69) is 10.6 Å². The summed E-state index contributed by atoms with van der Waals surface area (Å²) in [5.41, 5.74) is 2.53. The van der Waals surface area contributed by atoms with Crippen molar-refractivity contribution in [2.75, 3.05) is 30.5 Å². The van der Waals surface area contributed by atoms with Crippen LogP contribution >= 0.6 is 0 Å². The zero-order chi connectivity index (χ0) is 25.0. The molecule has 0 saturated carbocycles.